The lowest BCUT2D eigenvalue weighted by Gasteiger charge is -2.41. The van der Waals surface area contributed by atoms with Gasteiger partial charge in [0.1, 0.15) is 5.84 Å². The monoisotopic (exact) mass is 562 g/mol. The summed E-state index contributed by atoms with van der Waals surface area (Å²) in [4.78, 5) is 43.5. The molecule has 1 atom stereocenters. The molecule has 10 heteroatoms. The second-order valence-electron chi connectivity index (χ2n) is 9.81. The quantitative estimate of drug-likeness (QED) is 0.165. The zero-order valence-electron chi connectivity index (χ0n) is 23.0. The molecule has 208 valence electrons. The van der Waals surface area contributed by atoms with E-state index in [1.165, 1.54) is 23.2 Å². The van der Waals surface area contributed by atoms with Crippen LogP contribution < -0.4 is 4.90 Å². The number of piperazine rings is 1. The second-order valence-corrected chi connectivity index (χ2v) is 10.2. The number of carbonyl (C=O) groups excluding carboxylic acids is 2. The summed E-state index contributed by atoms with van der Waals surface area (Å²) in [6.07, 6.45) is 4.56. The average molecular weight is 563 g/mol. The molecule has 1 saturated heterocycles. The summed E-state index contributed by atoms with van der Waals surface area (Å²) in [5, 5.41) is 0.195. The number of nitrogens with zero attached hydrogens (tertiary/aromatic N) is 6. The van der Waals surface area contributed by atoms with E-state index in [4.69, 9.17) is 16.6 Å². The van der Waals surface area contributed by atoms with Crippen molar-refractivity contribution in [3.63, 3.8) is 0 Å². The first-order valence-electron chi connectivity index (χ1n) is 13.0. The van der Waals surface area contributed by atoms with Gasteiger partial charge in [-0.05, 0) is 42.7 Å². The third-order valence-electron chi connectivity index (χ3n) is 6.97. The summed E-state index contributed by atoms with van der Waals surface area (Å²) in [6.45, 7) is 11.1. The third-order valence-corrected chi connectivity index (χ3v) is 7.26. The van der Waals surface area contributed by atoms with Crippen LogP contribution in [0.2, 0.25) is 5.02 Å². The van der Waals surface area contributed by atoms with Crippen LogP contribution in [0.5, 0.6) is 0 Å². The minimum atomic E-state index is -0.586. The minimum Gasteiger partial charge on any atom is -0.350 e. The van der Waals surface area contributed by atoms with Gasteiger partial charge in [0.25, 0.3) is 0 Å². The van der Waals surface area contributed by atoms with Crippen LogP contribution in [0.15, 0.2) is 66.4 Å². The first-order valence-corrected chi connectivity index (χ1v) is 13.4. The highest BCUT2D eigenvalue weighted by atomic mass is 35.5. The zero-order valence-corrected chi connectivity index (χ0v) is 23.8. The predicted molar refractivity (Wildman–Crippen MR) is 157 cm³/mol. The van der Waals surface area contributed by atoms with E-state index in [-0.39, 0.29) is 40.0 Å². The van der Waals surface area contributed by atoms with E-state index in [0.29, 0.717) is 43.1 Å². The van der Waals surface area contributed by atoms with Crippen LogP contribution in [0, 0.1) is 5.82 Å². The van der Waals surface area contributed by atoms with Gasteiger partial charge in [0.05, 0.1) is 28.2 Å². The molecule has 3 heterocycles. The van der Waals surface area contributed by atoms with Crippen molar-refractivity contribution in [3.05, 3.63) is 83.4 Å². The molecule has 40 heavy (non-hydrogen) atoms. The maximum absolute atomic E-state index is 14.8. The van der Waals surface area contributed by atoms with Crippen LogP contribution in [0.3, 0.4) is 0 Å². The van der Waals surface area contributed by atoms with Crippen LogP contribution >= 0.6 is 11.6 Å². The Bertz CT molecular complexity index is 1460. The molecule has 0 spiro atoms. The van der Waals surface area contributed by atoms with Crippen molar-refractivity contribution in [3.8, 4) is 11.3 Å². The van der Waals surface area contributed by atoms with Gasteiger partial charge in [-0.1, -0.05) is 50.2 Å². The number of anilines is 2. The molecule has 1 fully saturated rings. The number of benzene rings is 1. The maximum Gasteiger partial charge on any atom is 0.246 e. The topological polar surface area (TPSA) is 82.0 Å². The first-order chi connectivity index (χ1) is 19.2. The van der Waals surface area contributed by atoms with Gasteiger partial charge in [0, 0.05) is 44.5 Å². The van der Waals surface area contributed by atoms with Crippen molar-refractivity contribution >= 4 is 41.3 Å². The molecule has 3 aromatic rings. The molecule has 1 aliphatic rings. The van der Waals surface area contributed by atoms with Gasteiger partial charge >= 0.3 is 0 Å². The normalized spacial score (nSPS) is 15.8. The number of halogens is 2. The van der Waals surface area contributed by atoms with E-state index in [1.807, 2.05) is 45.0 Å². The number of para-hydroxylation sites is 1. The van der Waals surface area contributed by atoms with Gasteiger partial charge in [-0.2, -0.15) is 0 Å². The first kappa shape index (κ1) is 28.9. The second kappa shape index (κ2) is 12.4. The van der Waals surface area contributed by atoms with E-state index in [2.05, 4.69) is 21.5 Å². The van der Waals surface area contributed by atoms with Gasteiger partial charge in [-0.15, -0.1) is 0 Å². The Balaban J connectivity index is 1.92. The van der Waals surface area contributed by atoms with E-state index < -0.39 is 5.82 Å². The molecule has 0 saturated carbocycles. The van der Waals surface area contributed by atoms with Gasteiger partial charge in [0.2, 0.25) is 12.3 Å². The lowest BCUT2D eigenvalue weighted by molar-refractivity contribution is -0.128. The van der Waals surface area contributed by atoms with Crippen LogP contribution in [0.25, 0.3) is 11.3 Å². The SMILES string of the molecule is C=CC(=O)N1CCN(/C(=N/C)c2cc(Cl)c(-c3ccncc3F)nc2N(C=O)c2ccccc2C(C)C)C(C)C1. The summed E-state index contributed by atoms with van der Waals surface area (Å²) < 4.78 is 14.8. The largest absolute Gasteiger partial charge is 0.350 e. The highest BCUT2D eigenvalue weighted by Crippen LogP contribution is 2.38. The van der Waals surface area contributed by atoms with Crippen molar-refractivity contribution in [1.82, 2.24) is 19.8 Å². The Hall–Kier alpha value is -4.11. The number of carbonyl (C=O) groups is 2. The number of hydrogen-bond donors (Lipinski definition) is 0. The zero-order chi connectivity index (χ0) is 29.0. The molecule has 2 aromatic heterocycles. The number of rotatable bonds is 7. The van der Waals surface area contributed by atoms with Gasteiger partial charge in [0.15, 0.2) is 11.6 Å². The van der Waals surface area contributed by atoms with Crippen molar-refractivity contribution in [1.29, 1.82) is 0 Å². The molecule has 1 aromatic carbocycles. The summed E-state index contributed by atoms with van der Waals surface area (Å²) in [6, 6.07) is 10.6. The Labute approximate surface area is 238 Å². The Morgan fingerprint density at radius 3 is 2.65 bits per heavy atom. The number of aliphatic imine (C=N–C) groups is 1. The number of pyridine rings is 2. The molecule has 0 radical (unpaired) electrons. The molecule has 0 N–H and O–H groups in total. The Morgan fingerprint density at radius 1 is 1.27 bits per heavy atom. The summed E-state index contributed by atoms with van der Waals surface area (Å²) >= 11 is 6.75. The lowest BCUT2D eigenvalue weighted by atomic mass is 10.00. The molecule has 2 amide bonds. The minimum absolute atomic E-state index is 0.104. The summed E-state index contributed by atoms with van der Waals surface area (Å²) in [7, 11) is 1.66. The van der Waals surface area contributed by atoms with Crippen molar-refractivity contribution in [2.75, 3.05) is 31.6 Å². The van der Waals surface area contributed by atoms with Gasteiger partial charge in [-0.25, -0.2) is 9.37 Å². The highest BCUT2D eigenvalue weighted by molar-refractivity contribution is 6.33. The van der Waals surface area contributed by atoms with Gasteiger partial charge < -0.3 is 9.80 Å². The molecule has 4 rings (SSSR count). The fourth-order valence-corrected chi connectivity index (χ4v) is 5.26. The van der Waals surface area contributed by atoms with Gasteiger partial charge in [-0.3, -0.25) is 24.5 Å². The van der Waals surface area contributed by atoms with E-state index in [1.54, 1.807) is 18.0 Å². The summed E-state index contributed by atoms with van der Waals surface area (Å²) in [5.74, 6) is 0.209. The van der Waals surface area contributed by atoms with E-state index in [0.717, 1.165) is 11.8 Å². The Morgan fingerprint density at radius 2 is 2.02 bits per heavy atom. The highest BCUT2D eigenvalue weighted by Gasteiger charge is 2.32. The number of amidine groups is 1. The van der Waals surface area contributed by atoms with E-state index >= 15 is 0 Å². The number of amides is 2. The maximum atomic E-state index is 14.8. The number of aromatic nitrogens is 2. The molecular formula is C30H32ClFN6O2. The lowest BCUT2D eigenvalue weighted by Crippen LogP contribution is -2.55. The van der Waals surface area contributed by atoms with Crippen LogP contribution in [-0.4, -0.2) is 70.6 Å². The van der Waals surface area contributed by atoms with Crippen molar-refractivity contribution in [2.45, 2.75) is 32.7 Å². The van der Waals surface area contributed by atoms with Crippen LogP contribution in [-0.2, 0) is 9.59 Å². The fraction of sp³-hybridized carbons (Fsp3) is 0.300. The van der Waals surface area contributed by atoms with Crippen LogP contribution in [0.4, 0.5) is 15.9 Å². The smallest absolute Gasteiger partial charge is 0.246 e. The predicted octanol–water partition coefficient (Wildman–Crippen LogP) is 5.45. The average Bonchev–Trinajstić information content (AvgIpc) is 2.95. The molecule has 1 unspecified atom stereocenters. The molecule has 0 aliphatic carbocycles. The third kappa shape index (κ3) is 5.60. The number of hydrogen-bond acceptors (Lipinski definition) is 5. The standard InChI is InChI=1S/C30H32ClFN6O2/c1-6-27(40)36-13-14-37(20(4)17-36)29(33-5)23-15-24(31)28(22-11-12-34-16-25(22)32)35-30(23)38(18-39)26-10-8-7-9-21(26)19(2)3/h6-12,15-16,18-20H,1,13-14,17H2,2-5H3/b33-29+. The van der Waals surface area contributed by atoms with Crippen molar-refractivity contribution in [2.24, 2.45) is 4.99 Å². The summed E-state index contributed by atoms with van der Waals surface area (Å²) in [5.41, 5.74) is 2.44. The van der Waals surface area contributed by atoms with E-state index in [9.17, 15) is 14.0 Å². The Kier molecular flexibility index (Phi) is 8.94. The molecular weight excluding hydrogens is 531 g/mol. The van der Waals surface area contributed by atoms with Crippen molar-refractivity contribution < 1.29 is 14.0 Å². The molecule has 0 bridgehead atoms. The molecule has 8 nitrogen and oxygen atoms in total. The fourth-order valence-electron chi connectivity index (χ4n) is 5.00. The van der Waals surface area contributed by atoms with Crippen LogP contribution in [0.1, 0.15) is 37.8 Å². The molecule has 1 aliphatic heterocycles.